The molecule has 0 radical (unpaired) electrons. The highest BCUT2D eigenvalue weighted by Gasteiger charge is 2.35. The normalized spacial score (nSPS) is 20.1. The summed E-state index contributed by atoms with van der Waals surface area (Å²) in [6.45, 7) is 2.42. The molecule has 3 heterocycles. The van der Waals surface area contributed by atoms with Crippen LogP contribution in [0.1, 0.15) is 57.8 Å². The number of anilines is 1. The lowest BCUT2D eigenvalue weighted by atomic mass is 9.98. The monoisotopic (exact) mass is 481 g/mol. The Labute approximate surface area is 190 Å². The van der Waals surface area contributed by atoms with Gasteiger partial charge in [0, 0.05) is 22.8 Å². The van der Waals surface area contributed by atoms with Crippen LogP contribution in [0.5, 0.6) is 0 Å². The van der Waals surface area contributed by atoms with Gasteiger partial charge in [0.15, 0.2) is 0 Å². The molecule has 0 saturated carbocycles. The molecule has 1 aliphatic carbocycles. The number of hydrogen-bond donors (Lipinski definition) is 2. The Hall–Kier alpha value is -1.75. The zero-order valence-electron chi connectivity index (χ0n) is 17.5. The minimum absolute atomic E-state index is 0.141. The summed E-state index contributed by atoms with van der Waals surface area (Å²) in [7, 11) is -3.61. The second kappa shape index (κ2) is 9.01. The van der Waals surface area contributed by atoms with Crippen molar-refractivity contribution in [3.8, 4) is 0 Å². The number of nitrogens with zero attached hydrogens (tertiary/aromatic N) is 1. The first-order chi connectivity index (χ1) is 14.8. The molecule has 1 fully saturated rings. The van der Waals surface area contributed by atoms with Gasteiger partial charge in [0.1, 0.15) is 9.21 Å². The summed E-state index contributed by atoms with van der Waals surface area (Å²) < 4.78 is 27.7. The number of thiophene rings is 2. The highest BCUT2D eigenvalue weighted by Crippen LogP contribution is 2.38. The summed E-state index contributed by atoms with van der Waals surface area (Å²) in [4.78, 5) is 27.3. The molecule has 10 heteroatoms. The molecule has 2 aliphatic rings. The third kappa shape index (κ3) is 4.57. The van der Waals surface area contributed by atoms with Crippen molar-refractivity contribution in [2.45, 2.75) is 56.1 Å². The maximum absolute atomic E-state index is 13.1. The minimum Gasteiger partial charge on any atom is -0.365 e. The third-order valence-electron chi connectivity index (χ3n) is 5.97. The Morgan fingerprint density at radius 1 is 1.13 bits per heavy atom. The molecule has 2 amide bonds. The van der Waals surface area contributed by atoms with Crippen molar-refractivity contribution >= 4 is 49.5 Å². The van der Waals surface area contributed by atoms with Crippen molar-refractivity contribution in [1.82, 2.24) is 4.31 Å². The average Bonchev–Trinajstić information content (AvgIpc) is 3.25. The largest absolute Gasteiger partial charge is 0.365 e. The number of fused-ring (bicyclic) bond motifs is 1. The van der Waals surface area contributed by atoms with Crippen molar-refractivity contribution in [2.24, 2.45) is 11.7 Å². The summed E-state index contributed by atoms with van der Waals surface area (Å²) in [6, 6.07) is 3.41. The number of aryl methyl sites for hydroxylation is 2. The van der Waals surface area contributed by atoms with Gasteiger partial charge in [-0.3, -0.25) is 9.59 Å². The highest BCUT2D eigenvalue weighted by molar-refractivity contribution is 7.91. The zero-order chi connectivity index (χ0) is 22.2. The van der Waals surface area contributed by atoms with Crippen molar-refractivity contribution in [3.05, 3.63) is 33.0 Å². The molecule has 2 aromatic heterocycles. The molecule has 4 rings (SSSR count). The maximum Gasteiger partial charge on any atom is 0.252 e. The lowest BCUT2D eigenvalue weighted by Gasteiger charge is -2.30. The van der Waals surface area contributed by atoms with E-state index in [0.717, 1.165) is 47.4 Å². The van der Waals surface area contributed by atoms with Crippen LogP contribution in [0.2, 0.25) is 0 Å². The number of piperidine rings is 1. The average molecular weight is 482 g/mol. The highest BCUT2D eigenvalue weighted by atomic mass is 32.2. The Bertz CT molecular complexity index is 1100. The fourth-order valence-electron chi connectivity index (χ4n) is 4.36. The van der Waals surface area contributed by atoms with Crippen LogP contribution in [0.4, 0.5) is 5.00 Å². The number of hydrogen-bond acceptors (Lipinski definition) is 6. The Morgan fingerprint density at radius 2 is 1.90 bits per heavy atom. The van der Waals surface area contributed by atoms with E-state index >= 15 is 0 Å². The fourth-order valence-corrected chi connectivity index (χ4v) is 8.62. The van der Waals surface area contributed by atoms with Gasteiger partial charge in [0.25, 0.3) is 15.9 Å². The number of carbonyl (C=O) groups is 2. The van der Waals surface area contributed by atoms with Crippen molar-refractivity contribution in [1.29, 1.82) is 0 Å². The number of rotatable bonds is 5. The van der Waals surface area contributed by atoms with Gasteiger partial charge in [-0.15, -0.1) is 22.7 Å². The smallest absolute Gasteiger partial charge is 0.252 e. The first-order valence-corrected chi connectivity index (χ1v) is 13.7. The first-order valence-electron chi connectivity index (χ1n) is 10.6. The molecule has 7 nitrogen and oxygen atoms in total. The SMILES string of the molecule is Cc1ccc(S(=O)(=O)N2CCCC(C(=O)Nc3sc4c(c3C(N)=O)CCCCC4)C2)s1. The number of nitrogens with two attached hydrogens (primary N) is 1. The topological polar surface area (TPSA) is 110 Å². The lowest BCUT2D eigenvalue weighted by Crippen LogP contribution is -2.43. The molecule has 0 spiro atoms. The standard InChI is InChI=1S/C21H27N3O4S3/c1-13-9-10-17(29-13)31(27,28)24-11-5-6-14(12-24)20(26)23-21-18(19(22)25)15-7-3-2-4-8-16(15)30-21/h9-10,14H,2-8,11-12H2,1H3,(H2,22,25)(H,23,26). The second-order valence-electron chi connectivity index (χ2n) is 8.19. The molecule has 0 aromatic carbocycles. The van der Waals surface area contributed by atoms with E-state index in [4.69, 9.17) is 5.73 Å². The Morgan fingerprint density at radius 3 is 2.61 bits per heavy atom. The molecular weight excluding hydrogens is 454 g/mol. The maximum atomic E-state index is 13.1. The van der Waals surface area contributed by atoms with Gasteiger partial charge in [-0.25, -0.2) is 8.42 Å². The van der Waals surface area contributed by atoms with Gasteiger partial charge in [0.2, 0.25) is 5.91 Å². The Kier molecular flexibility index (Phi) is 6.52. The van der Waals surface area contributed by atoms with E-state index in [9.17, 15) is 18.0 Å². The molecular formula is C21H27N3O4S3. The van der Waals surface area contributed by atoms with E-state index in [1.807, 2.05) is 6.92 Å². The van der Waals surface area contributed by atoms with Crippen LogP contribution in [0.15, 0.2) is 16.3 Å². The van der Waals surface area contributed by atoms with E-state index in [0.29, 0.717) is 34.2 Å². The van der Waals surface area contributed by atoms with Crippen LogP contribution in [-0.2, 0) is 27.7 Å². The van der Waals surface area contributed by atoms with Crippen LogP contribution < -0.4 is 11.1 Å². The summed E-state index contributed by atoms with van der Waals surface area (Å²) in [5.41, 5.74) is 7.08. The summed E-state index contributed by atoms with van der Waals surface area (Å²) in [6.07, 6.45) is 6.12. The molecule has 1 saturated heterocycles. The molecule has 2 aromatic rings. The van der Waals surface area contributed by atoms with E-state index in [1.165, 1.54) is 27.0 Å². The van der Waals surface area contributed by atoms with Gasteiger partial charge in [0.05, 0.1) is 11.5 Å². The van der Waals surface area contributed by atoms with Crippen molar-refractivity contribution in [2.75, 3.05) is 18.4 Å². The van der Waals surface area contributed by atoms with E-state index in [2.05, 4.69) is 5.32 Å². The molecule has 168 valence electrons. The molecule has 0 bridgehead atoms. The van der Waals surface area contributed by atoms with Crippen LogP contribution in [0.3, 0.4) is 0 Å². The number of nitrogens with one attached hydrogen (secondary N) is 1. The van der Waals surface area contributed by atoms with Gasteiger partial charge >= 0.3 is 0 Å². The number of primary amides is 1. The molecule has 31 heavy (non-hydrogen) atoms. The van der Waals surface area contributed by atoms with E-state index in [1.54, 1.807) is 12.1 Å². The van der Waals surface area contributed by atoms with Crippen LogP contribution >= 0.6 is 22.7 Å². The summed E-state index contributed by atoms with van der Waals surface area (Å²) in [5.74, 6) is -1.23. The fraction of sp³-hybridized carbons (Fsp3) is 0.524. The predicted octanol–water partition coefficient (Wildman–Crippen LogP) is 3.53. The van der Waals surface area contributed by atoms with Gasteiger partial charge in [-0.05, 0) is 63.1 Å². The predicted molar refractivity (Wildman–Crippen MR) is 123 cm³/mol. The third-order valence-corrected chi connectivity index (χ3v) is 10.5. The van der Waals surface area contributed by atoms with Gasteiger partial charge in [-0.1, -0.05) is 6.42 Å². The first kappa shape index (κ1) is 22.4. The van der Waals surface area contributed by atoms with E-state index < -0.39 is 21.8 Å². The lowest BCUT2D eigenvalue weighted by molar-refractivity contribution is -0.120. The van der Waals surface area contributed by atoms with Crippen LogP contribution in [-0.4, -0.2) is 37.6 Å². The zero-order valence-corrected chi connectivity index (χ0v) is 19.9. The Balaban J connectivity index is 1.52. The van der Waals surface area contributed by atoms with Gasteiger partial charge in [-0.2, -0.15) is 4.31 Å². The number of amides is 2. The van der Waals surface area contributed by atoms with E-state index in [-0.39, 0.29) is 12.5 Å². The van der Waals surface area contributed by atoms with Gasteiger partial charge < -0.3 is 11.1 Å². The number of carbonyl (C=O) groups excluding carboxylic acids is 2. The molecule has 1 aliphatic heterocycles. The summed E-state index contributed by atoms with van der Waals surface area (Å²) >= 11 is 2.68. The second-order valence-corrected chi connectivity index (χ2v) is 12.7. The van der Waals surface area contributed by atoms with Crippen LogP contribution in [0.25, 0.3) is 0 Å². The molecule has 3 N–H and O–H groups in total. The van der Waals surface area contributed by atoms with Crippen molar-refractivity contribution < 1.29 is 18.0 Å². The van der Waals surface area contributed by atoms with Crippen LogP contribution in [0, 0.1) is 12.8 Å². The molecule has 1 unspecified atom stereocenters. The van der Waals surface area contributed by atoms with Crippen molar-refractivity contribution in [3.63, 3.8) is 0 Å². The quantitative estimate of drug-likeness (QED) is 0.637. The summed E-state index contributed by atoms with van der Waals surface area (Å²) in [5, 5.41) is 3.43. The number of sulfonamides is 1. The molecule has 1 atom stereocenters. The minimum atomic E-state index is -3.61.